The first kappa shape index (κ1) is 18.4. The van der Waals surface area contributed by atoms with Crippen molar-refractivity contribution < 1.29 is 27.1 Å². The van der Waals surface area contributed by atoms with Crippen LogP contribution in [0.4, 0.5) is 22.0 Å². The number of hydrogen-bond acceptors (Lipinski definition) is 2. The molecule has 110 valence electrons. The minimum Gasteiger partial charge on any atom is -0.390 e. The van der Waals surface area contributed by atoms with Crippen molar-refractivity contribution in [3.63, 3.8) is 0 Å². The zero-order valence-electron chi connectivity index (χ0n) is 9.22. The van der Waals surface area contributed by atoms with Gasteiger partial charge in [0.1, 0.15) is 6.61 Å². The van der Waals surface area contributed by atoms with Crippen molar-refractivity contribution in [3.05, 3.63) is 34.3 Å². The topological polar surface area (TPSA) is 46.2 Å². The number of nitrogens with two attached hydrogens (primary N) is 1. The van der Waals surface area contributed by atoms with Crippen molar-refractivity contribution >= 4 is 24.0 Å². The molecule has 0 spiro atoms. The largest absolute Gasteiger partial charge is 0.417 e. The Balaban J connectivity index is 0.00000324. The molecule has 3 N–H and O–H groups in total. The molecule has 0 aliphatic carbocycles. The van der Waals surface area contributed by atoms with Crippen molar-refractivity contribution in [2.45, 2.75) is 18.1 Å². The fourth-order valence-electron chi connectivity index (χ4n) is 1.33. The third-order valence-electron chi connectivity index (χ3n) is 2.33. The lowest BCUT2D eigenvalue weighted by atomic mass is 9.99. The SMILES string of the molecule is Cl.N[C@@H](c1cccc(C(F)(F)F)c1Cl)C(F)(F)CO. The second-order valence-corrected chi connectivity index (χ2v) is 3.98. The Morgan fingerprint density at radius 2 is 1.74 bits per heavy atom. The summed E-state index contributed by atoms with van der Waals surface area (Å²) < 4.78 is 63.8. The van der Waals surface area contributed by atoms with Crippen molar-refractivity contribution in [2.75, 3.05) is 6.61 Å². The van der Waals surface area contributed by atoms with Gasteiger partial charge in [0, 0.05) is 0 Å². The normalized spacial score (nSPS) is 13.9. The Morgan fingerprint density at radius 3 is 2.16 bits per heavy atom. The van der Waals surface area contributed by atoms with Crippen LogP contribution in [-0.4, -0.2) is 17.6 Å². The van der Waals surface area contributed by atoms with Crippen LogP contribution in [0.5, 0.6) is 0 Å². The lowest BCUT2D eigenvalue weighted by Crippen LogP contribution is -2.36. The zero-order valence-corrected chi connectivity index (χ0v) is 10.8. The predicted molar refractivity (Wildman–Crippen MR) is 62.7 cm³/mol. The summed E-state index contributed by atoms with van der Waals surface area (Å²) in [5, 5.41) is 7.57. The van der Waals surface area contributed by atoms with Crippen LogP contribution in [0.1, 0.15) is 17.2 Å². The Kier molecular flexibility index (Phi) is 6.01. The van der Waals surface area contributed by atoms with Crippen LogP contribution in [0.15, 0.2) is 18.2 Å². The number of rotatable bonds is 3. The van der Waals surface area contributed by atoms with Crippen LogP contribution in [0.2, 0.25) is 5.02 Å². The van der Waals surface area contributed by atoms with E-state index in [1.807, 2.05) is 0 Å². The van der Waals surface area contributed by atoms with Crippen molar-refractivity contribution in [2.24, 2.45) is 5.73 Å². The maximum atomic E-state index is 13.1. The summed E-state index contributed by atoms with van der Waals surface area (Å²) in [7, 11) is 0. The number of halogens is 7. The molecular formula is C10H10Cl2F5NO. The van der Waals surface area contributed by atoms with Crippen LogP contribution < -0.4 is 5.73 Å². The molecular weight excluding hydrogens is 316 g/mol. The summed E-state index contributed by atoms with van der Waals surface area (Å²) in [5.74, 6) is -3.76. The van der Waals surface area contributed by atoms with Crippen LogP contribution in [0, 0.1) is 0 Å². The van der Waals surface area contributed by atoms with Gasteiger partial charge in [-0.15, -0.1) is 12.4 Å². The van der Waals surface area contributed by atoms with E-state index in [1.165, 1.54) is 0 Å². The Hall–Kier alpha value is -0.630. The van der Waals surface area contributed by atoms with Crippen LogP contribution in [0.3, 0.4) is 0 Å². The molecule has 2 nitrogen and oxygen atoms in total. The molecule has 19 heavy (non-hydrogen) atoms. The van der Waals surface area contributed by atoms with E-state index in [0.717, 1.165) is 12.1 Å². The highest BCUT2D eigenvalue weighted by Gasteiger charge is 2.41. The Morgan fingerprint density at radius 1 is 1.21 bits per heavy atom. The second kappa shape index (κ2) is 6.21. The van der Waals surface area contributed by atoms with E-state index in [0.29, 0.717) is 6.07 Å². The van der Waals surface area contributed by atoms with Gasteiger partial charge in [0.2, 0.25) is 0 Å². The summed E-state index contributed by atoms with van der Waals surface area (Å²) >= 11 is 5.44. The lowest BCUT2D eigenvalue weighted by Gasteiger charge is -2.23. The molecule has 0 fully saturated rings. The molecule has 0 radical (unpaired) electrons. The molecule has 0 aromatic heterocycles. The molecule has 9 heteroatoms. The molecule has 0 saturated heterocycles. The summed E-state index contributed by atoms with van der Waals surface area (Å²) in [6.07, 6.45) is -4.76. The third kappa shape index (κ3) is 3.92. The highest BCUT2D eigenvalue weighted by atomic mass is 35.5. The van der Waals surface area contributed by atoms with Gasteiger partial charge in [-0.3, -0.25) is 0 Å². The molecule has 1 aromatic rings. The molecule has 0 unspecified atom stereocenters. The number of hydrogen-bond donors (Lipinski definition) is 2. The minimum atomic E-state index is -4.76. The molecule has 0 amide bonds. The van der Waals surface area contributed by atoms with Crippen LogP contribution in [0.25, 0.3) is 0 Å². The molecule has 0 aliphatic heterocycles. The van der Waals surface area contributed by atoms with Crippen LogP contribution in [-0.2, 0) is 6.18 Å². The molecule has 0 heterocycles. The van der Waals surface area contributed by atoms with E-state index >= 15 is 0 Å². The summed E-state index contributed by atoms with van der Waals surface area (Å²) in [6.45, 7) is -1.58. The Labute approximate surface area is 116 Å². The highest BCUT2D eigenvalue weighted by molar-refractivity contribution is 6.32. The number of alkyl halides is 5. The van der Waals surface area contributed by atoms with Gasteiger partial charge in [0.15, 0.2) is 0 Å². The van der Waals surface area contributed by atoms with Crippen molar-refractivity contribution in [3.8, 4) is 0 Å². The molecule has 0 bridgehead atoms. The van der Waals surface area contributed by atoms with E-state index in [9.17, 15) is 22.0 Å². The minimum absolute atomic E-state index is 0. The van der Waals surface area contributed by atoms with Gasteiger partial charge in [-0.1, -0.05) is 23.7 Å². The highest BCUT2D eigenvalue weighted by Crippen LogP contribution is 2.40. The third-order valence-corrected chi connectivity index (χ3v) is 2.76. The average Bonchev–Trinajstić information content (AvgIpc) is 2.27. The van der Waals surface area contributed by atoms with Crippen LogP contribution >= 0.6 is 24.0 Å². The quantitative estimate of drug-likeness (QED) is 0.836. The summed E-state index contributed by atoms with van der Waals surface area (Å²) in [5.41, 5.74) is 3.33. The van der Waals surface area contributed by atoms with E-state index < -0.39 is 40.9 Å². The van der Waals surface area contributed by atoms with E-state index in [2.05, 4.69) is 0 Å². The van der Waals surface area contributed by atoms with E-state index in [-0.39, 0.29) is 12.4 Å². The van der Waals surface area contributed by atoms with Gasteiger partial charge in [-0.25, -0.2) is 8.78 Å². The van der Waals surface area contributed by atoms with Gasteiger partial charge in [0.05, 0.1) is 16.6 Å². The maximum Gasteiger partial charge on any atom is 0.417 e. The zero-order chi connectivity index (χ0) is 14.1. The Bertz CT molecular complexity index is 438. The van der Waals surface area contributed by atoms with E-state index in [4.69, 9.17) is 22.4 Å². The van der Waals surface area contributed by atoms with Crippen molar-refractivity contribution in [1.29, 1.82) is 0 Å². The summed E-state index contributed by atoms with van der Waals surface area (Å²) in [4.78, 5) is 0. The maximum absolute atomic E-state index is 13.1. The fourth-order valence-corrected chi connectivity index (χ4v) is 1.69. The van der Waals surface area contributed by atoms with Gasteiger partial charge < -0.3 is 10.8 Å². The molecule has 1 aromatic carbocycles. The fraction of sp³-hybridized carbons (Fsp3) is 0.400. The van der Waals surface area contributed by atoms with Gasteiger partial charge in [-0.05, 0) is 11.6 Å². The number of aliphatic hydroxyl groups excluding tert-OH is 1. The first-order chi connectivity index (χ1) is 8.11. The molecule has 0 aliphatic rings. The number of aliphatic hydroxyl groups is 1. The lowest BCUT2D eigenvalue weighted by molar-refractivity contribution is -0.137. The van der Waals surface area contributed by atoms with Gasteiger partial charge >= 0.3 is 6.18 Å². The molecule has 0 saturated carbocycles. The average molecular weight is 326 g/mol. The predicted octanol–water partition coefficient (Wildman–Crippen LogP) is 3.41. The van der Waals surface area contributed by atoms with Gasteiger partial charge in [0.25, 0.3) is 5.92 Å². The van der Waals surface area contributed by atoms with Crippen molar-refractivity contribution in [1.82, 2.24) is 0 Å². The number of benzene rings is 1. The standard InChI is InChI=1S/C10H9ClF5NO.ClH/c11-7-5(8(17)9(12,13)4-18)2-1-3-6(7)10(14,15)16;/h1-3,8,18H,4,17H2;1H/t8-;/m0./s1. The first-order valence-corrected chi connectivity index (χ1v) is 5.09. The first-order valence-electron chi connectivity index (χ1n) is 4.71. The second-order valence-electron chi connectivity index (χ2n) is 3.60. The van der Waals surface area contributed by atoms with Gasteiger partial charge in [-0.2, -0.15) is 13.2 Å². The molecule has 1 atom stereocenters. The summed E-state index contributed by atoms with van der Waals surface area (Å²) in [6, 6.07) is 0.441. The van der Waals surface area contributed by atoms with E-state index in [1.54, 1.807) is 0 Å². The monoisotopic (exact) mass is 325 g/mol. The molecule has 1 rings (SSSR count). The smallest absolute Gasteiger partial charge is 0.390 e.